The van der Waals surface area contributed by atoms with Crippen LogP contribution >= 0.6 is 0 Å². The lowest BCUT2D eigenvalue weighted by Crippen LogP contribution is -2.29. The molecule has 72 heavy (non-hydrogen) atoms. The van der Waals surface area contributed by atoms with Gasteiger partial charge in [0.15, 0.2) is 26.4 Å². The number of hydrogen-bond acceptors (Lipinski definition) is 8. The maximum Gasteiger partial charge on any atom is 0.259 e. The van der Waals surface area contributed by atoms with Crippen molar-refractivity contribution in [3.05, 3.63) is 115 Å². The van der Waals surface area contributed by atoms with Gasteiger partial charge in [0.1, 0.15) is 23.0 Å². The smallest absolute Gasteiger partial charge is 0.259 e. The molecule has 8 bridgehead atoms. The predicted molar refractivity (Wildman–Crippen MR) is 289 cm³/mol. The average Bonchev–Trinajstić information content (AvgIpc) is 3.25. The number of fused-ring (bicyclic) bond motifs is 8. The van der Waals surface area contributed by atoms with Crippen molar-refractivity contribution >= 4 is 23.6 Å². The zero-order valence-corrected chi connectivity index (χ0v) is 47.3. The van der Waals surface area contributed by atoms with Gasteiger partial charge in [0.05, 0.1) is 0 Å². The number of nitrogens with zero attached hydrogens (tertiary/aromatic N) is 4. The van der Waals surface area contributed by atoms with E-state index < -0.39 is 0 Å². The molecule has 0 aliphatic heterocycles. The second kappa shape index (κ2) is 22.0. The molecular weight excluding hydrogens is 905 g/mol. The van der Waals surface area contributed by atoms with E-state index in [1.807, 2.05) is 0 Å². The van der Waals surface area contributed by atoms with E-state index in [0.717, 1.165) is 66.8 Å². The van der Waals surface area contributed by atoms with Gasteiger partial charge in [-0.2, -0.15) is 0 Å². The van der Waals surface area contributed by atoms with Crippen LogP contribution in [0.3, 0.4) is 0 Å². The maximum absolute atomic E-state index is 13.5. The number of benzene rings is 4. The second-order valence-electron chi connectivity index (χ2n) is 24.5. The molecule has 0 heterocycles. The summed E-state index contributed by atoms with van der Waals surface area (Å²) in [5, 5.41) is 0. The molecule has 4 aromatic rings. The minimum Gasteiger partial charge on any atom is -0.483 e. The van der Waals surface area contributed by atoms with E-state index >= 15 is 0 Å². The van der Waals surface area contributed by atoms with Crippen LogP contribution in [0.4, 0.5) is 0 Å². The largest absolute Gasteiger partial charge is 0.483 e. The Morgan fingerprint density at radius 1 is 0.319 bits per heavy atom. The van der Waals surface area contributed by atoms with Crippen molar-refractivity contribution < 1.29 is 38.1 Å². The average molecular weight is 989 g/mol. The minimum atomic E-state index is -0.314. The Bertz CT molecular complexity index is 2210. The van der Waals surface area contributed by atoms with Crippen LogP contribution in [0.2, 0.25) is 0 Å². The van der Waals surface area contributed by atoms with Crippen LogP contribution in [-0.2, 0) is 66.5 Å². The fourth-order valence-corrected chi connectivity index (χ4v) is 8.41. The molecule has 0 unspecified atom stereocenters. The fourth-order valence-electron chi connectivity index (χ4n) is 8.41. The third-order valence-corrected chi connectivity index (χ3v) is 13.3. The monoisotopic (exact) mass is 989 g/mol. The van der Waals surface area contributed by atoms with Gasteiger partial charge in [-0.3, -0.25) is 19.2 Å². The summed E-state index contributed by atoms with van der Waals surface area (Å²) in [6, 6.07) is 17.4. The number of carbonyl (C=O) groups excluding carboxylic acids is 4. The lowest BCUT2D eigenvalue weighted by molar-refractivity contribution is -0.131. The maximum atomic E-state index is 13.5. The SMILES string of the molecule is CN(C)C(=O)COc1c2cc(C(C)(C)C)cc1Cc1cc(C(C)(C)C)cc(c1OCC(=O)N(C)C)Cc1cc(C(C)(C)C)cc(c1OCC(=O)N(C)C)Cc1cc(C(C)(C)C)cc(c1OCC(=O)N(C)C)C2. The van der Waals surface area contributed by atoms with Crippen molar-refractivity contribution in [2.24, 2.45) is 0 Å². The number of ether oxygens (including phenoxy) is 4. The van der Waals surface area contributed by atoms with Gasteiger partial charge < -0.3 is 38.5 Å². The summed E-state index contributed by atoms with van der Waals surface area (Å²) < 4.78 is 27.2. The Balaban J connectivity index is 2.07. The van der Waals surface area contributed by atoms with Crippen LogP contribution < -0.4 is 18.9 Å². The third-order valence-electron chi connectivity index (χ3n) is 13.3. The van der Waals surface area contributed by atoms with Crippen molar-refractivity contribution in [2.45, 2.75) is 130 Å². The minimum absolute atomic E-state index is 0.193. The first-order valence-electron chi connectivity index (χ1n) is 25.1. The zero-order chi connectivity index (χ0) is 54.0. The van der Waals surface area contributed by atoms with Gasteiger partial charge in [-0.05, 0) is 88.4 Å². The summed E-state index contributed by atoms with van der Waals surface area (Å²) in [6.45, 7) is 25.4. The van der Waals surface area contributed by atoms with E-state index in [1.54, 1.807) is 56.4 Å². The van der Waals surface area contributed by atoms with Gasteiger partial charge >= 0.3 is 0 Å². The molecule has 4 aromatic carbocycles. The molecule has 12 nitrogen and oxygen atoms in total. The first-order valence-corrected chi connectivity index (χ1v) is 25.1. The first kappa shape index (κ1) is 56.9. The summed E-state index contributed by atoms with van der Waals surface area (Å²) in [7, 11) is 13.7. The van der Waals surface area contributed by atoms with E-state index in [9.17, 15) is 19.2 Å². The van der Waals surface area contributed by atoms with E-state index in [0.29, 0.717) is 48.7 Å². The Morgan fingerprint density at radius 2 is 0.458 bits per heavy atom. The van der Waals surface area contributed by atoms with Crippen LogP contribution in [0.1, 0.15) is 150 Å². The zero-order valence-electron chi connectivity index (χ0n) is 47.3. The highest BCUT2D eigenvalue weighted by Gasteiger charge is 2.30. The van der Waals surface area contributed by atoms with E-state index in [-0.39, 0.29) is 71.7 Å². The van der Waals surface area contributed by atoms with Crippen molar-refractivity contribution in [1.82, 2.24) is 19.6 Å². The van der Waals surface area contributed by atoms with Crippen LogP contribution in [0.25, 0.3) is 0 Å². The quantitative estimate of drug-likeness (QED) is 0.121. The van der Waals surface area contributed by atoms with Crippen LogP contribution in [0.15, 0.2) is 48.5 Å². The molecule has 0 N–H and O–H groups in total. The molecule has 0 spiro atoms. The lowest BCUT2D eigenvalue weighted by atomic mass is 9.79. The highest BCUT2D eigenvalue weighted by atomic mass is 16.5. The molecule has 0 atom stereocenters. The number of hydrogen-bond donors (Lipinski definition) is 0. The third kappa shape index (κ3) is 14.1. The molecule has 1 aliphatic rings. The molecule has 0 saturated carbocycles. The van der Waals surface area contributed by atoms with Crippen molar-refractivity contribution in [3.8, 4) is 23.0 Å². The normalized spacial score (nSPS) is 12.9. The lowest BCUT2D eigenvalue weighted by Gasteiger charge is -2.29. The highest BCUT2D eigenvalue weighted by Crippen LogP contribution is 2.44. The standard InChI is InChI=1S/C60H84N4O8/c1-57(2,3)45-25-37-21-39-27-46(58(4,5)6)29-41(54(39)70-34-50(66)62(15)16)23-43-31-48(60(10,11)12)32-44(56(43)72-36-52(68)64(19)20)24-42-30-47(59(7,8)9)28-40(55(42)71-35-51(67)63(17)18)22-38(26-45)53(37)69-33-49(65)61(13)14/h25-32H,21-24,33-36H2,1-20H3. The molecule has 0 saturated heterocycles. The molecule has 5 rings (SSSR count). The van der Waals surface area contributed by atoms with Crippen molar-refractivity contribution in [2.75, 3.05) is 82.8 Å². The van der Waals surface area contributed by atoms with Gasteiger partial charge in [-0.1, -0.05) is 132 Å². The molecule has 0 fully saturated rings. The van der Waals surface area contributed by atoms with Crippen LogP contribution in [0.5, 0.6) is 23.0 Å². The van der Waals surface area contributed by atoms with Gasteiger partial charge in [0.2, 0.25) is 0 Å². The van der Waals surface area contributed by atoms with Gasteiger partial charge in [0.25, 0.3) is 23.6 Å². The predicted octanol–water partition coefficient (Wildman–Crippen LogP) is 9.42. The Hall–Kier alpha value is -6.04. The first-order chi connectivity index (χ1) is 33.1. The van der Waals surface area contributed by atoms with E-state index in [2.05, 4.69) is 132 Å². The number of carbonyl (C=O) groups is 4. The molecular formula is C60H84N4O8. The van der Waals surface area contributed by atoms with E-state index in [1.165, 1.54) is 19.6 Å². The Labute approximate surface area is 431 Å². The van der Waals surface area contributed by atoms with Crippen molar-refractivity contribution in [3.63, 3.8) is 0 Å². The number of rotatable bonds is 12. The molecule has 0 radical (unpaired) electrons. The molecule has 392 valence electrons. The molecule has 1 aliphatic carbocycles. The number of likely N-dealkylation sites (N-methyl/N-ethyl adjacent to an activating group) is 4. The molecule has 4 amide bonds. The molecule has 12 heteroatoms. The van der Waals surface area contributed by atoms with Crippen molar-refractivity contribution in [1.29, 1.82) is 0 Å². The van der Waals surface area contributed by atoms with E-state index in [4.69, 9.17) is 18.9 Å². The van der Waals surface area contributed by atoms with Gasteiger partial charge in [-0.25, -0.2) is 0 Å². The summed E-state index contributed by atoms with van der Waals surface area (Å²) in [5.41, 5.74) is 9.76. The summed E-state index contributed by atoms with van der Waals surface area (Å²) in [5.74, 6) is 1.52. The van der Waals surface area contributed by atoms with Gasteiger partial charge in [-0.15, -0.1) is 0 Å². The van der Waals surface area contributed by atoms with Crippen LogP contribution in [-0.4, -0.2) is 126 Å². The van der Waals surface area contributed by atoms with Crippen LogP contribution in [0, 0.1) is 0 Å². The highest BCUT2D eigenvalue weighted by molar-refractivity contribution is 5.79. The van der Waals surface area contributed by atoms with Gasteiger partial charge in [0, 0.05) is 82.1 Å². The Kier molecular flexibility index (Phi) is 17.4. The topological polar surface area (TPSA) is 118 Å². The summed E-state index contributed by atoms with van der Waals surface area (Å²) in [6.07, 6.45) is 1.30. The molecule has 0 aromatic heterocycles. The fraction of sp³-hybridized carbons (Fsp3) is 0.533. The summed E-state index contributed by atoms with van der Waals surface area (Å²) >= 11 is 0. The second-order valence-corrected chi connectivity index (χ2v) is 24.5. The summed E-state index contributed by atoms with van der Waals surface area (Å²) in [4.78, 5) is 60.0. The Morgan fingerprint density at radius 3 is 0.569 bits per heavy atom. The number of amides is 4.